The molecule has 1 atom stereocenters. The Balaban J connectivity index is 1.95. The maximum atomic E-state index is 10.9. The molecular weight excluding hydrogens is 368 g/mol. The van der Waals surface area contributed by atoms with Gasteiger partial charge >= 0.3 is 0 Å². The Hall–Kier alpha value is -2.57. The minimum Gasteiger partial charge on any atom is -0.493 e. The number of hydrogen-bond donors (Lipinski definition) is 3. The van der Waals surface area contributed by atoms with Crippen LogP contribution in [0.15, 0.2) is 30.3 Å². The van der Waals surface area contributed by atoms with Gasteiger partial charge in [0.2, 0.25) is 5.91 Å². The summed E-state index contributed by atoms with van der Waals surface area (Å²) in [5.41, 5.74) is 5.34. The number of aryl methyl sites for hydroxylation is 3. The number of methoxy groups -OCH3 is 1. The number of nitrogens with one attached hydrogen (secondary N) is 2. The van der Waals surface area contributed by atoms with Crippen molar-refractivity contribution >= 4 is 5.91 Å². The molecule has 0 spiro atoms. The van der Waals surface area contributed by atoms with Gasteiger partial charge in [-0.1, -0.05) is 18.2 Å². The highest BCUT2D eigenvalue weighted by Gasteiger charge is 2.14. The molecule has 3 N–H and O–H groups in total. The van der Waals surface area contributed by atoms with Crippen molar-refractivity contribution in [3.63, 3.8) is 0 Å². The SMILES string of the molecule is COc1cc(CNCCNC(C)=O)ccc1OCC(O)c1cc(C)c(C)cc1C. The van der Waals surface area contributed by atoms with Crippen LogP contribution in [0.3, 0.4) is 0 Å². The third-order valence-corrected chi connectivity index (χ3v) is 4.87. The van der Waals surface area contributed by atoms with Gasteiger partial charge < -0.3 is 25.2 Å². The molecule has 6 heteroatoms. The van der Waals surface area contributed by atoms with Crippen LogP contribution >= 0.6 is 0 Å². The zero-order chi connectivity index (χ0) is 21.4. The molecule has 0 aliphatic rings. The fourth-order valence-corrected chi connectivity index (χ4v) is 3.10. The van der Waals surface area contributed by atoms with Gasteiger partial charge in [-0.25, -0.2) is 0 Å². The Labute approximate surface area is 173 Å². The summed E-state index contributed by atoms with van der Waals surface area (Å²) in [6, 6.07) is 9.82. The zero-order valence-electron chi connectivity index (χ0n) is 18.0. The smallest absolute Gasteiger partial charge is 0.216 e. The van der Waals surface area contributed by atoms with Gasteiger partial charge in [-0.3, -0.25) is 4.79 Å². The van der Waals surface area contributed by atoms with Crippen molar-refractivity contribution in [1.29, 1.82) is 0 Å². The standard InChI is InChI=1S/C23H32N2O4/c1-15-10-17(3)20(11-16(15)2)21(27)14-29-22-7-6-19(12-23(22)28-5)13-24-8-9-25-18(4)26/h6-7,10-12,21,24,27H,8-9,13-14H2,1-5H3,(H,25,26). The molecule has 6 nitrogen and oxygen atoms in total. The van der Waals surface area contributed by atoms with Crippen LogP contribution in [0.4, 0.5) is 0 Å². The molecule has 0 saturated heterocycles. The Kier molecular flexibility index (Phi) is 8.49. The third kappa shape index (κ3) is 6.76. The first-order chi connectivity index (χ1) is 13.8. The van der Waals surface area contributed by atoms with Crippen LogP contribution in [0.25, 0.3) is 0 Å². The van der Waals surface area contributed by atoms with E-state index in [-0.39, 0.29) is 12.5 Å². The minimum atomic E-state index is -0.714. The molecule has 0 aromatic heterocycles. The average molecular weight is 401 g/mol. The molecule has 2 aromatic rings. The van der Waals surface area contributed by atoms with Crippen molar-refractivity contribution in [2.24, 2.45) is 0 Å². The van der Waals surface area contributed by atoms with Crippen LogP contribution in [0.1, 0.15) is 40.8 Å². The van der Waals surface area contributed by atoms with E-state index < -0.39 is 6.10 Å². The molecule has 2 aromatic carbocycles. The van der Waals surface area contributed by atoms with E-state index in [0.717, 1.165) is 22.3 Å². The van der Waals surface area contributed by atoms with Crippen molar-refractivity contribution in [2.75, 3.05) is 26.8 Å². The summed E-state index contributed by atoms with van der Waals surface area (Å²) in [5.74, 6) is 1.18. The van der Waals surface area contributed by atoms with E-state index in [1.54, 1.807) is 7.11 Å². The molecule has 158 valence electrons. The number of hydrogen-bond acceptors (Lipinski definition) is 5. The van der Waals surface area contributed by atoms with Crippen LogP contribution in [0.2, 0.25) is 0 Å². The lowest BCUT2D eigenvalue weighted by Crippen LogP contribution is -2.29. The summed E-state index contributed by atoms with van der Waals surface area (Å²) in [6.45, 7) is 9.68. The number of amides is 1. The molecular formula is C23H32N2O4. The van der Waals surface area contributed by atoms with Crippen LogP contribution in [0.5, 0.6) is 11.5 Å². The molecule has 0 aliphatic heterocycles. The molecule has 0 heterocycles. The number of ether oxygens (including phenoxy) is 2. The maximum Gasteiger partial charge on any atom is 0.216 e. The number of carbonyl (C=O) groups is 1. The summed E-state index contributed by atoms with van der Waals surface area (Å²) >= 11 is 0. The predicted molar refractivity (Wildman–Crippen MR) is 114 cm³/mol. The van der Waals surface area contributed by atoms with Crippen LogP contribution in [-0.4, -0.2) is 37.8 Å². The number of aliphatic hydroxyl groups excluding tert-OH is 1. The maximum absolute atomic E-state index is 10.9. The molecule has 29 heavy (non-hydrogen) atoms. The number of benzene rings is 2. The summed E-state index contributed by atoms with van der Waals surface area (Å²) in [5, 5.41) is 16.6. The van der Waals surface area contributed by atoms with Gasteiger partial charge in [-0.2, -0.15) is 0 Å². The van der Waals surface area contributed by atoms with Gasteiger partial charge in [-0.05, 0) is 60.7 Å². The fraction of sp³-hybridized carbons (Fsp3) is 0.435. The van der Waals surface area contributed by atoms with Crippen molar-refractivity contribution < 1.29 is 19.4 Å². The van der Waals surface area contributed by atoms with Crippen molar-refractivity contribution in [3.8, 4) is 11.5 Å². The molecule has 0 saturated carbocycles. The third-order valence-electron chi connectivity index (χ3n) is 4.87. The van der Waals surface area contributed by atoms with E-state index in [2.05, 4.69) is 23.6 Å². The monoisotopic (exact) mass is 400 g/mol. The van der Waals surface area contributed by atoms with E-state index >= 15 is 0 Å². The van der Waals surface area contributed by atoms with Crippen molar-refractivity contribution in [2.45, 2.75) is 40.3 Å². The van der Waals surface area contributed by atoms with Crippen LogP contribution < -0.4 is 20.1 Å². The Bertz CT molecular complexity index is 836. The predicted octanol–water partition coefficient (Wildman–Crippen LogP) is 2.96. The summed E-state index contributed by atoms with van der Waals surface area (Å²) in [7, 11) is 1.60. The first-order valence-corrected chi connectivity index (χ1v) is 9.82. The Morgan fingerprint density at radius 3 is 2.45 bits per heavy atom. The highest BCUT2D eigenvalue weighted by Crippen LogP contribution is 2.30. The average Bonchev–Trinajstić information content (AvgIpc) is 2.68. The molecule has 0 aliphatic carbocycles. The molecule has 0 bridgehead atoms. The summed E-state index contributed by atoms with van der Waals surface area (Å²) in [6.07, 6.45) is -0.714. The number of aliphatic hydroxyl groups is 1. The van der Waals surface area contributed by atoms with Gasteiger partial charge in [0.05, 0.1) is 7.11 Å². The molecule has 1 amide bonds. The van der Waals surface area contributed by atoms with Crippen LogP contribution in [-0.2, 0) is 11.3 Å². The van der Waals surface area contributed by atoms with Gasteiger partial charge in [0, 0.05) is 26.6 Å². The molecule has 0 radical (unpaired) electrons. The first-order valence-electron chi connectivity index (χ1n) is 9.82. The largest absolute Gasteiger partial charge is 0.493 e. The van der Waals surface area contributed by atoms with Crippen molar-refractivity contribution in [3.05, 3.63) is 58.1 Å². The van der Waals surface area contributed by atoms with Crippen molar-refractivity contribution in [1.82, 2.24) is 10.6 Å². The topological polar surface area (TPSA) is 79.8 Å². The normalized spacial score (nSPS) is 11.8. The quantitative estimate of drug-likeness (QED) is 0.535. The second kappa shape index (κ2) is 10.8. The fourth-order valence-electron chi connectivity index (χ4n) is 3.10. The highest BCUT2D eigenvalue weighted by atomic mass is 16.5. The first kappa shape index (κ1) is 22.7. The second-order valence-corrected chi connectivity index (χ2v) is 7.26. The second-order valence-electron chi connectivity index (χ2n) is 7.26. The van der Waals surface area contributed by atoms with Gasteiger partial charge in [0.1, 0.15) is 12.7 Å². The molecule has 1 unspecified atom stereocenters. The van der Waals surface area contributed by atoms with E-state index in [9.17, 15) is 9.90 Å². The summed E-state index contributed by atoms with van der Waals surface area (Å²) in [4.78, 5) is 10.9. The minimum absolute atomic E-state index is 0.0341. The lowest BCUT2D eigenvalue weighted by atomic mass is 9.97. The number of rotatable bonds is 10. The van der Waals surface area contributed by atoms with Gasteiger partial charge in [-0.15, -0.1) is 0 Å². The van der Waals surface area contributed by atoms with Gasteiger partial charge in [0.15, 0.2) is 11.5 Å². The van der Waals surface area contributed by atoms with E-state index in [1.165, 1.54) is 12.5 Å². The zero-order valence-corrected chi connectivity index (χ0v) is 18.0. The number of carbonyl (C=O) groups excluding carboxylic acids is 1. The van der Waals surface area contributed by atoms with Gasteiger partial charge in [0.25, 0.3) is 0 Å². The lowest BCUT2D eigenvalue weighted by Gasteiger charge is -2.18. The van der Waals surface area contributed by atoms with Crippen LogP contribution in [0, 0.1) is 20.8 Å². The molecule has 0 fully saturated rings. The van der Waals surface area contributed by atoms with E-state index in [1.807, 2.05) is 38.1 Å². The summed E-state index contributed by atoms with van der Waals surface area (Å²) < 4.78 is 11.3. The highest BCUT2D eigenvalue weighted by molar-refractivity contribution is 5.72. The van der Waals surface area contributed by atoms with E-state index in [4.69, 9.17) is 9.47 Å². The Morgan fingerprint density at radius 2 is 1.76 bits per heavy atom. The Morgan fingerprint density at radius 1 is 1.03 bits per heavy atom. The lowest BCUT2D eigenvalue weighted by molar-refractivity contribution is -0.118. The van der Waals surface area contributed by atoms with E-state index in [0.29, 0.717) is 31.1 Å². The molecule has 2 rings (SSSR count).